The average molecular weight is 186 g/mol. The zero-order valence-electron chi connectivity index (χ0n) is 8.58. The highest BCUT2D eigenvalue weighted by Crippen LogP contribution is 2.18. The molecule has 2 rings (SSSR count). The van der Waals surface area contributed by atoms with Gasteiger partial charge in [-0.15, -0.1) is 0 Å². The van der Waals surface area contributed by atoms with Crippen molar-refractivity contribution in [2.75, 3.05) is 0 Å². The van der Waals surface area contributed by atoms with E-state index in [1.807, 2.05) is 19.3 Å². The summed E-state index contributed by atoms with van der Waals surface area (Å²) >= 11 is 0. The second-order valence-corrected chi connectivity index (χ2v) is 3.60. The lowest BCUT2D eigenvalue weighted by Gasteiger charge is -1.99. The summed E-state index contributed by atoms with van der Waals surface area (Å²) in [4.78, 5) is 0. The lowest BCUT2D eigenvalue weighted by Crippen LogP contribution is -1.87. The first kappa shape index (κ1) is 9.07. The Bertz CT molecular complexity index is 412. The van der Waals surface area contributed by atoms with E-state index >= 15 is 0 Å². The monoisotopic (exact) mass is 186 g/mol. The molecule has 0 saturated heterocycles. The van der Waals surface area contributed by atoms with Crippen molar-refractivity contribution in [2.24, 2.45) is 0 Å². The van der Waals surface area contributed by atoms with Crippen LogP contribution in [-0.4, -0.2) is 0 Å². The van der Waals surface area contributed by atoms with E-state index in [2.05, 4.69) is 31.2 Å². The van der Waals surface area contributed by atoms with Gasteiger partial charge in [-0.1, -0.05) is 30.3 Å². The van der Waals surface area contributed by atoms with Crippen LogP contribution >= 0.6 is 0 Å². The van der Waals surface area contributed by atoms with Crippen LogP contribution in [0, 0.1) is 13.8 Å². The SMILES string of the molecule is Cc1occ(Cc2ccccc2)c1C. The van der Waals surface area contributed by atoms with Crippen molar-refractivity contribution in [1.29, 1.82) is 0 Å². The molecule has 0 amide bonds. The van der Waals surface area contributed by atoms with E-state index in [-0.39, 0.29) is 0 Å². The van der Waals surface area contributed by atoms with Crippen molar-refractivity contribution in [3.63, 3.8) is 0 Å². The Morgan fingerprint density at radius 2 is 1.79 bits per heavy atom. The minimum Gasteiger partial charge on any atom is -0.469 e. The molecule has 0 unspecified atom stereocenters. The van der Waals surface area contributed by atoms with Crippen LogP contribution in [0.4, 0.5) is 0 Å². The number of hydrogen-bond acceptors (Lipinski definition) is 1. The smallest absolute Gasteiger partial charge is 0.103 e. The molecule has 0 fully saturated rings. The molecule has 0 radical (unpaired) electrons. The number of aryl methyl sites for hydroxylation is 1. The van der Waals surface area contributed by atoms with Crippen LogP contribution < -0.4 is 0 Å². The van der Waals surface area contributed by atoms with Gasteiger partial charge < -0.3 is 4.42 Å². The van der Waals surface area contributed by atoms with Crippen LogP contribution in [0.25, 0.3) is 0 Å². The first-order chi connectivity index (χ1) is 6.77. The fourth-order valence-corrected chi connectivity index (χ4v) is 1.55. The van der Waals surface area contributed by atoms with Gasteiger partial charge in [-0.05, 0) is 30.5 Å². The summed E-state index contributed by atoms with van der Waals surface area (Å²) in [7, 11) is 0. The molecule has 0 atom stereocenters. The first-order valence-electron chi connectivity index (χ1n) is 4.85. The summed E-state index contributed by atoms with van der Waals surface area (Å²) in [6.45, 7) is 4.11. The highest BCUT2D eigenvalue weighted by Gasteiger charge is 2.05. The number of hydrogen-bond donors (Lipinski definition) is 0. The molecule has 1 heteroatoms. The van der Waals surface area contributed by atoms with Gasteiger partial charge in [0.25, 0.3) is 0 Å². The van der Waals surface area contributed by atoms with Gasteiger partial charge in [-0.25, -0.2) is 0 Å². The summed E-state index contributed by atoms with van der Waals surface area (Å²) in [5.41, 5.74) is 3.89. The normalized spacial score (nSPS) is 10.4. The van der Waals surface area contributed by atoms with Gasteiger partial charge in [-0.3, -0.25) is 0 Å². The Kier molecular flexibility index (Phi) is 2.40. The Morgan fingerprint density at radius 3 is 2.36 bits per heavy atom. The van der Waals surface area contributed by atoms with E-state index in [0.717, 1.165) is 12.2 Å². The van der Waals surface area contributed by atoms with E-state index in [0.29, 0.717) is 0 Å². The second kappa shape index (κ2) is 3.70. The Hall–Kier alpha value is -1.50. The average Bonchev–Trinajstić information content (AvgIpc) is 2.52. The van der Waals surface area contributed by atoms with Gasteiger partial charge in [0.1, 0.15) is 5.76 Å². The molecule has 0 spiro atoms. The summed E-state index contributed by atoms with van der Waals surface area (Å²) in [5.74, 6) is 1.02. The molecule has 0 aliphatic heterocycles. The number of benzene rings is 1. The largest absolute Gasteiger partial charge is 0.469 e. The van der Waals surface area contributed by atoms with E-state index in [1.54, 1.807) is 0 Å². The molecule has 2 aromatic rings. The zero-order chi connectivity index (χ0) is 9.97. The molecule has 0 saturated carbocycles. The molecule has 0 bridgehead atoms. The second-order valence-electron chi connectivity index (χ2n) is 3.60. The Morgan fingerprint density at radius 1 is 1.07 bits per heavy atom. The number of furan rings is 1. The van der Waals surface area contributed by atoms with Crippen molar-refractivity contribution in [1.82, 2.24) is 0 Å². The molecule has 0 aliphatic rings. The van der Waals surface area contributed by atoms with E-state index in [4.69, 9.17) is 4.42 Å². The van der Waals surface area contributed by atoms with Crippen molar-refractivity contribution in [2.45, 2.75) is 20.3 Å². The standard InChI is InChI=1S/C13H14O/c1-10-11(2)14-9-13(10)8-12-6-4-3-5-7-12/h3-7,9H,8H2,1-2H3. The lowest BCUT2D eigenvalue weighted by molar-refractivity contribution is 0.530. The quantitative estimate of drug-likeness (QED) is 0.699. The topological polar surface area (TPSA) is 13.1 Å². The summed E-state index contributed by atoms with van der Waals surface area (Å²) in [6, 6.07) is 10.5. The lowest BCUT2D eigenvalue weighted by atomic mass is 10.0. The van der Waals surface area contributed by atoms with Gasteiger partial charge in [0.05, 0.1) is 6.26 Å². The predicted octanol–water partition coefficient (Wildman–Crippen LogP) is 3.49. The maximum atomic E-state index is 5.37. The van der Waals surface area contributed by atoms with E-state index in [9.17, 15) is 0 Å². The van der Waals surface area contributed by atoms with Crippen molar-refractivity contribution >= 4 is 0 Å². The molecule has 1 heterocycles. The molecule has 0 N–H and O–H groups in total. The summed E-state index contributed by atoms with van der Waals surface area (Å²) < 4.78 is 5.37. The van der Waals surface area contributed by atoms with Crippen LogP contribution in [0.15, 0.2) is 41.0 Å². The van der Waals surface area contributed by atoms with E-state index in [1.165, 1.54) is 16.7 Å². The molecule has 72 valence electrons. The van der Waals surface area contributed by atoms with Crippen LogP contribution in [0.1, 0.15) is 22.5 Å². The minimum absolute atomic E-state index is 0.962. The van der Waals surface area contributed by atoms with Gasteiger partial charge in [0, 0.05) is 6.42 Å². The maximum absolute atomic E-state index is 5.37. The summed E-state index contributed by atoms with van der Waals surface area (Å²) in [5, 5.41) is 0. The zero-order valence-corrected chi connectivity index (χ0v) is 8.58. The third-order valence-electron chi connectivity index (χ3n) is 2.63. The van der Waals surface area contributed by atoms with Crippen molar-refractivity contribution in [3.8, 4) is 0 Å². The highest BCUT2D eigenvalue weighted by atomic mass is 16.3. The van der Waals surface area contributed by atoms with Gasteiger partial charge in [0.15, 0.2) is 0 Å². The van der Waals surface area contributed by atoms with Crippen molar-refractivity contribution in [3.05, 3.63) is 59.0 Å². The Balaban J connectivity index is 2.23. The minimum atomic E-state index is 0.962. The van der Waals surface area contributed by atoms with Gasteiger partial charge in [-0.2, -0.15) is 0 Å². The predicted molar refractivity (Wildman–Crippen MR) is 57.4 cm³/mol. The summed E-state index contributed by atoms with van der Waals surface area (Å²) in [6.07, 6.45) is 2.82. The van der Waals surface area contributed by atoms with Gasteiger partial charge >= 0.3 is 0 Å². The third-order valence-corrected chi connectivity index (χ3v) is 2.63. The Labute approximate surface area is 84.4 Å². The third kappa shape index (κ3) is 1.72. The first-order valence-corrected chi connectivity index (χ1v) is 4.85. The van der Waals surface area contributed by atoms with Crippen molar-refractivity contribution < 1.29 is 4.42 Å². The number of rotatable bonds is 2. The van der Waals surface area contributed by atoms with Crippen LogP contribution in [0.2, 0.25) is 0 Å². The molecule has 1 nitrogen and oxygen atoms in total. The van der Waals surface area contributed by atoms with Gasteiger partial charge in [0.2, 0.25) is 0 Å². The molecule has 14 heavy (non-hydrogen) atoms. The fourth-order valence-electron chi connectivity index (χ4n) is 1.55. The molecular weight excluding hydrogens is 172 g/mol. The van der Waals surface area contributed by atoms with E-state index < -0.39 is 0 Å². The van der Waals surface area contributed by atoms with Crippen LogP contribution in [-0.2, 0) is 6.42 Å². The molecule has 0 aliphatic carbocycles. The molecule has 1 aromatic heterocycles. The van der Waals surface area contributed by atoms with Crippen LogP contribution in [0.3, 0.4) is 0 Å². The molecular formula is C13H14O. The maximum Gasteiger partial charge on any atom is 0.103 e. The highest BCUT2D eigenvalue weighted by molar-refractivity contribution is 5.31. The molecule has 1 aromatic carbocycles. The fraction of sp³-hybridized carbons (Fsp3) is 0.231. The van der Waals surface area contributed by atoms with Crippen LogP contribution in [0.5, 0.6) is 0 Å².